The lowest BCUT2D eigenvalue weighted by Crippen LogP contribution is -2.37. The number of hydrogen-bond donors (Lipinski definition) is 1. The van der Waals surface area contributed by atoms with Gasteiger partial charge in [-0.2, -0.15) is 5.26 Å². The summed E-state index contributed by atoms with van der Waals surface area (Å²) in [5, 5.41) is 21.4. The van der Waals surface area contributed by atoms with Gasteiger partial charge in [0.25, 0.3) is 0 Å². The van der Waals surface area contributed by atoms with Crippen molar-refractivity contribution in [2.24, 2.45) is 13.0 Å². The molecule has 3 heterocycles. The van der Waals surface area contributed by atoms with E-state index in [0.717, 1.165) is 43.9 Å². The van der Waals surface area contributed by atoms with Gasteiger partial charge in [0.2, 0.25) is 0 Å². The Morgan fingerprint density at radius 3 is 3.14 bits per heavy atom. The number of nitriles is 1. The molecule has 0 aliphatic carbocycles. The van der Waals surface area contributed by atoms with Crippen LogP contribution in [-0.4, -0.2) is 32.6 Å². The molecule has 2 unspecified atom stereocenters. The van der Waals surface area contributed by atoms with Gasteiger partial charge in [0.05, 0.1) is 5.56 Å². The van der Waals surface area contributed by atoms with Crippen LogP contribution in [0.15, 0.2) is 23.8 Å². The maximum absolute atomic E-state index is 10.6. The van der Waals surface area contributed by atoms with E-state index in [9.17, 15) is 5.11 Å². The highest BCUT2D eigenvalue weighted by Gasteiger charge is 2.29. The molecule has 0 spiro atoms. The predicted molar refractivity (Wildman–Crippen MR) is 85.2 cm³/mol. The lowest BCUT2D eigenvalue weighted by molar-refractivity contribution is 0.0408. The van der Waals surface area contributed by atoms with Gasteiger partial charge in [0.1, 0.15) is 18.0 Å². The highest BCUT2D eigenvalue weighted by Crippen LogP contribution is 2.30. The van der Waals surface area contributed by atoms with E-state index in [1.54, 1.807) is 17.5 Å². The second kappa shape index (κ2) is 6.61. The molecule has 6 heteroatoms. The molecular weight excluding hydrogens is 296 g/mol. The fourth-order valence-corrected chi connectivity index (χ4v) is 3.96. The minimum Gasteiger partial charge on any atom is -0.385 e. The minimum atomic E-state index is -0.513. The topological polar surface area (TPSA) is 65.1 Å². The Labute approximate surface area is 134 Å². The summed E-state index contributed by atoms with van der Waals surface area (Å²) in [7, 11) is 1.92. The van der Waals surface area contributed by atoms with Crippen LogP contribution in [0.5, 0.6) is 0 Å². The number of hydrogen-bond acceptors (Lipinski definition) is 5. The number of aliphatic hydroxyl groups is 1. The van der Waals surface area contributed by atoms with Crippen LogP contribution in [0.1, 0.15) is 35.2 Å². The molecule has 1 N–H and O–H groups in total. The van der Waals surface area contributed by atoms with Crippen molar-refractivity contribution < 1.29 is 5.11 Å². The maximum Gasteiger partial charge on any atom is 0.137 e. The number of aryl methyl sites for hydroxylation is 1. The number of aromatic nitrogens is 2. The molecule has 2 aromatic heterocycles. The van der Waals surface area contributed by atoms with E-state index in [-0.39, 0.29) is 5.92 Å². The number of rotatable bonds is 4. The molecule has 116 valence electrons. The van der Waals surface area contributed by atoms with Crippen molar-refractivity contribution in [3.8, 4) is 6.07 Å². The van der Waals surface area contributed by atoms with Gasteiger partial charge in [-0.25, -0.2) is 4.98 Å². The zero-order chi connectivity index (χ0) is 15.5. The summed E-state index contributed by atoms with van der Waals surface area (Å²) in [6.45, 7) is 2.77. The second-order valence-corrected chi connectivity index (χ2v) is 6.89. The third-order valence-corrected chi connectivity index (χ3v) is 5.20. The minimum absolute atomic E-state index is 0.213. The number of aliphatic hydroxyl groups excluding tert-OH is 1. The van der Waals surface area contributed by atoms with Crippen molar-refractivity contribution >= 4 is 11.3 Å². The number of piperidine rings is 1. The molecule has 0 radical (unpaired) electrons. The molecule has 1 fully saturated rings. The van der Waals surface area contributed by atoms with Gasteiger partial charge in [0.15, 0.2) is 0 Å². The quantitative estimate of drug-likeness (QED) is 0.940. The van der Waals surface area contributed by atoms with Crippen LogP contribution in [0.4, 0.5) is 0 Å². The lowest BCUT2D eigenvalue weighted by atomic mass is 9.92. The number of imidazole rings is 1. The summed E-state index contributed by atoms with van der Waals surface area (Å²) in [6, 6.07) is 4.14. The van der Waals surface area contributed by atoms with E-state index in [4.69, 9.17) is 5.26 Å². The average molecular weight is 316 g/mol. The summed E-state index contributed by atoms with van der Waals surface area (Å²) in [6.07, 6.45) is 5.20. The van der Waals surface area contributed by atoms with E-state index in [0.29, 0.717) is 0 Å². The molecule has 0 aromatic carbocycles. The molecule has 0 bridgehead atoms. The molecule has 2 atom stereocenters. The summed E-state index contributed by atoms with van der Waals surface area (Å²) < 4.78 is 1.89. The lowest BCUT2D eigenvalue weighted by Gasteiger charge is -2.34. The first-order valence-electron chi connectivity index (χ1n) is 7.52. The fourth-order valence-electron chi connectivity index (χ4n) is 3.11. The first-order chi connectivity index (χ1) is 10.7. The summed E-state index contributed by atoms with van der Waals surface area (Å²) in [4.78, 5) is 7.85. The second-order valence-electron chi connectivity index (χ2n) is 5.89. The Kier molecular flexibility index (Phi) is 4.57. The Hall–Kier alpha value is -1.68. The molecule has 1 saturated heterocycles. The zero-order valence-corrected chi connectivity index (χ0v) is 13.5. The van der Waals surface area contributed by atoms with Gasteiger partial charge < -0.3 is 9.67 Å². The van der Waals surface area contributed by atoms with E-state index >= 15 is 0 Å². The highest BCUT2D eigenvalue weighted by molar-refractivity contribution is 7.10. The van der Waals surface area contributed by atoms with Crippen molar-refractivity contribution in [2.75, 3.05) is 13.1 Å². The van der Waals surface area contributed by atoms with E-state index in [1.165, 1.54) is 4.88 Å². The Bertz CT molecular complexity index is 672. The predicted octanol–water partition coefficient (Wildman–Crippen LogP) is 2.30. The van der Waals surface area contributed by atoms with Crippen LogP contribution in [0.25, 0.3) is 0 Å². The van der Waals surface area contributed by atoms with Crippen LogP contribution in [0.2, 0.25) is 0 Å². The summed E-state index contributed by atoms with van der Waals surface area (Å²) in [5.41, 5.74) is 0.738. The van der Waals surface area contributed by atoms with E-state index in [2.05, 4.69) is 16.0 Å². The largest absolute Gasteiger partial charge is 0.385 e. The molecule has 0 amide bonds. The van der Waals surface area contributed by atoms with Crippen molar-refractivity contribution in [1.29, 1.82) is 5.26 Å². The van der Waals surface area contributed by atoms with E-state index in [1.807, 2.05) is 29.3 Å². The van der Waals surface area contributed by atoms with Crippen molar-refractivity contribution in [3.63, 3.8) is 0 Å². The van der Waals surface area contributed by atoms with Crippen molar-refractivity contribution in [3.05, 3.63) is 40.1 Å². The molecule has 0 saturated carbocycles. The van der Waals surface area contributed by atoms with Crippen LogP contribution in [0, 0.1) is 17.2 Å². The SMILES string of the molecule is Cn1ccnc1C(O)C1CCCN(Cc2cc(C#N)cs2)C1. The molecule has 1 aliphatic heterocycles. The maximum atomic E-state index is 10.6. The van der Waals surface area contributed by atoms with Gasteiger partial charge in [-0.1, -0.05) is 0 Å². The van der Waals surface area contributed by atoms with Crippen LogP contribution >= 0.6 is 11.3 Å². The smallest absolute Gasteiger partial charge is 0.137 e. The third kappa shape index (κ3) is 3.22. The average Bonchev–Trinajstić information content (AvgIpc) is 3.15. The zero-order valence-electron chi connectivity index (χ0n) is 12.6. The molecule has 22 heavy (non-hydrogen) atoms. The van der Waals surface area contributed by atoms with Crippen molar-refractivity contribution in [1.82, 2.24) is 14.5 Å². The van der Waals surface area contributed by atoms with Gasteiger partial charge in [-0.3, -0.25) is 4.90 Å². The molecule has 1 aliphatic rings. The monoisotopic (exact) mass is 316 g/mol. The number of thiophene rings is 1. The van der Waals surface area contributed by atoms with E-state index < -0.39 is 6.10 Å². The molecular formula is C16H20N4OS. The van der Waals surface area contributed by atoms with Gasteiger partial charge >= 0.3 is 0 Å². The molecule has 2 aromatic rings. The molecule has 3 rings (SSSR count). The fraction of sp³-hybridized carbons (Fsp3) is 0.500. The van der Waals surface area contributed by atoms with Gasteiger partial charge in [0, 0.05) is 48.7 Å². The van der Waals surface area contributed by atoms with Crippen molar-refractivity contribution in [2.45, 2.75) is 25.5 Å². The first kappa shape index (κ1) is 15.2. The van der Waals surface area contributed by atoms with Crippen LogP contribution < -0.4 is 0 Å². The molecule has 5 nitrogen and oxygen atoms in total. The Morgan fingerprint density at radius 1 is 1.59 bits per heavy atom. The Balaban J connectivity index is 1.64. The normalized spacial score (nSPS) is 20.7. The standard InChI is InChI=1S/C16H20N4OS/c1-19-6-4-18-16(19)15(21)13-3-2-5-20(9-13)10-14-7-12(8-17)11-22-14/h4,6-7,11,13,15,21H,2-3,5,9-10H2,1H3. The Morgan fingerprint density at radius 2 is 2.45 bits per heavy atom. The summed E-state index contributed by atoms with van der Waals surface area (Å²) >= 11 is 1.63. The third-order valence-electron chi connectivity index (χ3n) is 4.27. The first-order valence-corrected chi connectivity index (χ1v) is 8.40. The highest BCUT2D eigenvalue weighted by atomic mass is 32.1. The van der Waals surface area contributed by atoms with Gasteiger partial charge in [-0.05, 0) is 25.5 Å². The summed E-state index contributed by atoms with van der Waals surface area (Å²) in [5.74, 6) is 0.958. The van der Waals surface area contributed by atoms with Gasteiger partial charge in [-0.15, -0.1) is 11.3 Å². The van der Waals surface area contributed by atoms with Crippen LogP contribution in [0.3, 0.4) is 0 Å². The number of nitrogens with zero attached hydrogens (tertiary/aromatic N) is 4. The number of likely N-dealkylation sites (tertiary alicyclic amines) is 1. The van der Waals surface area contributed by atoms with Crippen LogP contribution in [-0.2, 0) is 13.6 Å².